The molecule has 0 N–H and O–H groups in total. The zero-order valence-corrected chi connectivity index (χ0v) is 6.40. The molecule has 0 unspecified atom stereocenters. The Morgan fingerprint density at radius 1 is 1.82 bits per heavy atom. The SMILES string of the molecule is CN(CN=[N+]=[N-])C(=O)C1CC1. The van der Waals surface area contributed by atoms with Crippen molar-refractivity contribution in [3.63, 3.8) is 0 Å². The van der Waals surface area contributed by atoms with Crippen LogP contribution in [0.5, 0.6) is 0 Å². The molecule has 1 aliphatic carbocycles. The van der Waals surface area contributed by atoms with Crippen molar-refractivity contribution in [1.29, 1.82) is 0 Å². The van der Waals surface area contributed by atoms with E-state index in [4.69, 9.17) is 5.53 Å². The summed E-state index contributed by atoms with van der Waals surface area (Å²) in [4.78, 5) is 15.2. The van der Waals surface area contributed by atoms with E-state index in [2.05, 4.69) is 10.0 Å². The number of carbonyl (C=O) groups excluding carboxylic acids is 1. The van der Waals surface area contributed by atoms with Gasteiger partial charge in [0.2, 0.25) is 5.91 Å². The van der Waals surface area contributed by atoms with E-state index in [1.54, 1.807) is 7.05 Å². The quantitative estimate of drug-likeness (QED) is 0.341. The first-order valence-electron chi connectivity index (χ1n) is 3.51. The molecule has 1 rings (SSSR count). The van der Waals surface area contributed by atoms with E-state index in [9.17, 15) is 4.79 Å². The van der Waals surface area contributed by atoms with E-state index in [1.807, 2.05) is 0 Å². The lowest BCUT2D eigenvalue weighted by Gasteiger charge is -2.12. The summed E-state index contributed by atoms with van der Waals surface area (Å²) < 4.78 is 0. The highest BCUT2D eigenvalue weighted by Gasteiger charge is 2.31. The van der Waals surface area contributed by atoms with Crippen LogP contribution in [0.1, 0.15) is 12.8 Å². The Bertz CT molecular complexity index is 205. The van der Waals surface area contributed by atoms with E-state index in [-0.39, 0.29) is 18.5 Å². The summed E-state index contributed by atoms with van der Waals surface area (Å²) in [6, 6.07) is 0. The van der Waals surface area contributed by atoms with E-state index < -0.39 is 0 Å². The van der Waals surface area contributed by atoms with Crippen LogP contribution in [0, 0.1) is 5.92 Å². The van der Waals surface area contributed by atoms with Crippen molar-refractivity contribution < 1.29 is 4.79 Å². The van der Waals surface area contributed by atoms with Gasteiger partial charge in [-0.3, -0.25) is 4.79 Å². The first kappa shape index (κ1) is 7.88. The Hall–Kier alpha value is -1.22. The topological polar surface area (TPSA) is 69.1 Å². The molecule has 5 heteroatoms. The molecule has 5 nitrogen and oxygen atoms in total. The fraction of sp³-hybridized carbons (Fsp3) is 0.833. The number of carbonyl (C=O) groups is 1. The highest BCUT2D eigenvalue weighted by Crippen LogP contribution is 2.30. The summed E-state index contributed by atoms with van der Waals surface area (Å²) in [6.07, 6.45) is 1.97. The van der Waals surface area contributed by atoms with Crippen LogP contribution in [0.25, 0.3) is 10.4 Å². The van der Waals surface area contributed by atoms with Crippen molar-refractivity contribution in [2.24, 2.45) is 11.0 Å². The summed E-state index contributed by atoms with van der Waals surface area (Å²) in [5, 5.41) is 3.29. The molecule has 0 heterocycles. The molecule has 0 aromatic heterocycles. The number of azide groups is 1. The molecule has 0 bridgehead atoms. The van der Waals surface area contributed by atoms with Gasteiger partial charge in [0.25, 0.3) is 0 Å². The van der Waals surface area contributed by atoms with E-state index in [0.717, 1.165) is 12.8 Å². The Labute approximate surface area is 64.6 Å². The number of hydrogen-bond acceptors (Lipinski definition) is 2. The van der Waals surface area contributed by atoms with Gasteiger partial charge < -0.3 is 4.90 Å². The third kappa shape index (κ3) is 2.13. The fourth-order valence-electron chi connectivity index (χ4n) is 0.835. The second-order valence-corrected chi connectivity index (χ2v) is 2.68. The predicted octanol–water partition coefficient (Wildman–Crippen LogP) is 1.12. The van der Waals surface area contributed by atoms with E-state index in [1.165, 1.54) is 4.90 Å². The van der Waals surface area contributed by atoms with Crippen LogP contribution in [-0.4, -0.2) is 24.5 Å². The van der Waals surface area contributed by atoms with E-state index >= 15 is 0 Å². The maximum absolute atomic E-state index is 11.2. The molecule has 0 aliphatic heterocycles. The van der Waals surface area contributed by atoms with Crippen molar-refractivity contribution in [3.8, 4) is 0 Å². The molecule has 0 saturated heterocycles. The lowest BCUT2D eigenvalue weighted by Crippen LogP contribution is -2.27. The van der Waals surface area contributed by atoms with Crippen LogP contribution < -0.4 is 0 Å². The first-order valence-corrected chi connectivity index (χ1v) is 3.51. The number of nitrogens with zero attached hydrogens (tertiary/aromatic N) is 4. The van der Waals surface area contributed by atoms with Crippen molar-refractivity contribution >= 4 is 5.91 Å². The molecule has 11 heavy (non-hydrogen) atoms. The van der Waals surface area contributed by atoms with Crippen LogP contribution >= 0.6 is 0 Å². The standard InChI is InChI=1S/C6H10N4O/c1-10(4-8-9-7)6(11)5-2-3-5/h5H,2-4H2,1H3. The average molecular weight is 154 g/mol. The van der Waals surface area contributed by atoms with Crippen LogP contribution in [0.15, 0.2) is 5.11 Å². The second-order valence-electron chi connectivity index (χ2n) is 2.68. The molecule has 0 aromatic carbocycles. The summed E-state index contributed by atoms with van der Waals surface area (Å²) >= 11 is 0. The molecule has 1 saturated carbocycles. The van der Waals surface area contributed by atoms with Crippen molar-refractivity contribution in [2.45, 2.75) is 12.8 Å². The third-order valence-corrected chi connectivity index (χ3v) is 1.64. The van der Waals surface area contributed by atoms with Gasteiger partial charge >= 0.3 is 0 Å². The Kier molecular flexibility index (Phi) is 2.33. The molecular formula is C6H10N4O. The van der Waals surface area contributed by atoms with Gasteiger partial charge in [0.1, 0.15) is 0 Å². The molecule has 60 valence electrons. The van der Waals surface area contributed by atoms with Crippen molar-refractivity contribution in [3.05, 3.63) is 10.4 Å². The van der Waals surface area contributed by atoms with Gasteiger partial charge in [0, 0.05) is 17.9 Å². The van der Waals surface area contributed by atoms with Gasteiger partial charge in [-0.25, -0.2) is 0 Å². The van der Waals surface area contributed by atoms with Crippen LogP contribution in [0.4, 0.5) is 0 Å². The van der Waals surface area contributed by atoms with Crippen molar-refractivity contribution in [1.82, 2.24) is 4.90 Å². The smallest absolute Gasteiger partial charge is 0.225 e. The number of rotatable bonds is 3. The van der Waals surface area contributed by atoms with Crippen LogP contribution in [-0.2, 0) is 4.79 Å². The third-order valence-electron chi connectivity index (χ3n) is 1.64. The van der Waals surface area contributed by atoms with Gasteiger partial charge in [-0.1, -0.05) is 5.11 Å². The zero-order chi connectivity index (χ0) is 8.27. The lowest BCUT2D eigenvalue weighted by molar-refractivity contribution is -0.131. The van der Waals surface area contributed by atoms with Gasteiger partial charge in [-0.2, -0.15) is 0 Å². The zero-order valence-electron chi connectivity index (χ0n) is 6.40. The first-order chi connectivity index (χ1) is 5.25. The maximum atomic E-state index is 11.2. The Morgan fingerprint density at radius 3 is 2.91 bits per heavy atom. The summed E-state index contributed by atoms with van der Waals surface area (Å²) in [6.45, 7) is 0.145. The normalized spacial score (nSPS) is 15.4. The van der Waals surface area contributed by atoms with E-state index in [0.29, 0.717) is 0 Å². The molecule has 0 radical (unpaired) electrons. The number of amides is 1. The van der Waals surface area contributed by atoms with Gasteiger partial charge in [-0.15, -0.1) is 0 Å². The molecule has 1 fully saturated rings. The highest BCUT2D eigenvalue weighted by atomic mass is 16.2. The summed E-state index contributed by atoms with van der Waals surface area (Å²) in [5.74, 6) is 0.297. The minimum absolute atomic E-state index is 0.0948. The van der Waals surface area contributed by atoms with Gasteiger partial charge in [0.05, 0.1) is 6.67 Å². The monoisotopic (exact) mass is 154 g/mol. The highest BCUT2D eigenvalue weighted by molar-refractivity contribution is 5.80. The summed E-state index contributed by atoms with van der Waals surface area (Å²) in [5.41, 5.74) is 7.97. The minimum Gasteiger partial charge on any atom is -0.340 e. The average Bonchev–Trinajstić information content (AvgIpc) is 2.81. The lowest BCUT2D eigenvalue weighted by atomic mass is 10.4. The summed E-state index contributed by atoms with van der Waals surface area (Å²) in [7, 11) is 1.65. The molecular weight excluding hydrogens is 144 g/mol. The second kappa shape index (κ2) is 3.25. The fourth-order valence-corrected chi connectivity index (χ4v) is 0.835. The van der Waals surface area contributed by atoms with Crippen LogP contribution in [0.2, 0.25) is 0 Å². The largest absolute Gasteiger partial charge is 0.340 e. The van der Waals surface area contributed by atoms with Crippen molar-refractivity contribution in [2.75, 3.05) is 13.7 Å². The number of hydrogen-bond donors (Lipinski definition) is 0. The molecule has 1 amide bonds. The molecule has 1 aliphatic rings. The maximum Gasteiger partial charge on any atom is 0.225 e. The molecule has 0 spiro atoms. The van der Waals surface area contributed by atoms with Gasteiger partial charge in [-0.05, 0) is 18.4 Å². The van der Waals surface area contributed by atoms with Gasteiger partial charge in [0.15, 0.2) is 0 Å². The minimum atomic E-state index is 0.0948. The molecule has 0 atom stereocenters. The Morgan fingerprint density at radius 2 is 2.45 bits per heavy atom. The predicted molar refractivity (Wildman–Crippen MR) is 39.5 cm³/mol. The van der Waals surface area contributed by atoms with Crippen LogP contribution in [0.3, 0.4) is 0 Å². The molecule has 0 aromatic rings. The Balaban J connectivity index is 2.32.